The predicted octanol–water partition coefficient (Wildman–Crippen LogP) is 4.83. The van der Waals surface area contributed by atoms with Gasteiger partial charge in [-0.1, -0.05) is 24.3 Å². The highest BCUT2D eigenvalue weighted by molar-refractivity contribution is 6.06. The minimum Gasteiger partial charge on any atom is -0.480 e. The summed E-state index contributed by atoms with van der Waals surface area (Å²) in [7, 11) is 0. The summed E-state index contributed by atoms with van der Waals surface area (Å²) in [4.78, 5) is 29.7. The molecule has 4 rings (SSSR count). The number of aromatic nitrogens is 2. The summed E-state index contributed by atoms with van der Waals surface area (Å²) in [6.07, 6.45) is -2.89. The number of carbonyl (C=O) groups excluding carboxylic acids is 1. The Balaban J connectivity index is 1.72. The molecule has 2 heterocycles. The van der Waals surface area contributed by atoms with Crippen molar-refractivity contribution in [2.24, 2.45) is 4.99 Å². The lowest BCUT2D eigenvalue weighted by Crippen LogP contribution is -2.32. The van der Waals surface area contributed by atoms with Crippen molar-refractivity contribution in [1.82, 2.24) is 9.78 Å². The third-order valence-electron chi connectivity index (χ3n) is 5.63. The minimum absolute atomic E-state index is 0.111. The number of nitrogens with zero attached hydrogens (tertiary/aromatic N) is 4. The van der Waals surface area contributed by atoms with E-state index in [1.54, 1.807) is 6.92 Å². The number of rotatable bonds is 5. The number of alkyl halides is 3. The van der Waals surface area contributed by atoms with Crippen LogP contribution in [0.25, 0.3) is 11.1 Å². The summed E-state index contributed by atoms with van der Waals surface area (Å²) in [6, 6.07) is 11.2. The van der Waals surface area contributed by atoms with Gasteiger partial charge in [0.05, 0.1) is 22.9 Å². The largest absolute Gasteiger partial charge is 0.480 e. The van der Waals surface area contributed by atoms with Crippen LogP contribution >= 0.6 is 0 Å². The van der Waals surface area contributed by atoms with Gasteiger partial charge in [-0.15, -0.1) is 0 Å². The van der Waals surface area contributed by atoms with Crippen molar-refractivity contribution < 1.29 is 27.9 Å². The molecule has 0 saturated carbocycles. The van der Waals surface area contributed by atoms with E-state index in [1.807, 2.05) is 6.07 Å². The van der Waals surface area contributed by atoms with Gasteiger partial charge in [-0.2, -0.15) is 23.5 Å². The molecular formula is C24H17F3N4O3. The first-order valence-electron chi connectivity index (χ1n) is 10.2. The Morgan fingerprint density at radius 2 is 1.79 bits per heavy atom. The molecule has 2 unspecified atom stereocenters. The second-order valence-corrected chi connectivity index (χ2v) is 7.77. The number of aryl methyl sites for hydroxylation is 1. The Labute approximate surface area is 191 Å². The fraction of sp³-hybridized carbons (Fsp3) is 0.208. The van der Waals surface area contributed by atoms with E-state index in [0.29, 0.717) is 22.4 Å². The first-order valence-corrected chi connectivity index (χ1v) is 10.2. The molecule has 0 saturated heterocycles. The molecule has 7 nitrogen and oxygen atoms in total. The minimum atomic E-state index is -4.47. The number of carbonyl (C=O) groups is 2. The molecule has 2 aromatic carbocycles. The van der Waals surface area contributed by atoms with Crippen molar-refractivity contribution in [3.8, 4) is 17.2 Å². The molecule has 1 N–H and O–H groups in total. The fourth-order valence-corrected chi connectivity index (χ4v) is 3.99. The lowest BCUT2D eigenvalue weighted by atomic mass is 9.89. The van der Waals surface area contributed by atoms with Crippen LogP contribution < -0.4 is 0 Å². The lowest BCUT2D eigenvalue weighted by molar-refractivity contribution is -0.143. The number of carboxylic acid groups (broad SMARTS) is 1. The van der Waals surface area contributed by atoms with Gasteiger partial charge in [-0.05, 0) is 42.3 Å². The van der Waals surface area contributed by atoms with Gasteiger partial charge in [0.15, 0.2) is 11.6 Å². The highest BCUT2D eigenvalue weighted by Gasteiger charge is 2.38. The summed E-state index contributed by atoms with van der Waals surface area (Å²) >= 11 is 0. The van der Waals surface area contributed by atoms with Gasteiger partial charge in [0.2, 0.25) is 0 Å². The Bertz CT molecular complexity index is 1330. The van der Waals surface area contributed by atoms with Crippen LogP contribution in [0.15, 0.2) is 53.5 Å². The molecule has 172 valence electrons. The van der Waals surface area contributed by atoms with Crippen LogP contribution in [-0.2, 0) is 15.8 Å². The molecule has 0 aliphatic carbocycles. The topological polar surface area (TPSA) is 108 Å². The van der Waals surface area contributed by atoms with Crippen LogP contribution in [0.1, 0.15) is 40.8 Å². The maximum atomic E-state index is 13.4. The van der Waals surface area contributed by atoms with Crippen molar-refractivity contribution in [2.45, 2.75) is 31.5 Å². The van der Waals surface area contributed by atoms with Gasteiger partial charge in [-0.25, -0.2) is 9.67 Å². The third-order valence-corrected chi connectivity index (χ3v) is 5.63. The number of aliphatic imine (C=N–C) groups is 1. The molecule has 0 amide bonds. The van der Waals surface area contributed by atoms with E-state index in [0.717, 1.165) is 12.1 Å². The summed E-state index contributed by atoms with van der Waals surface area (Å²) < 4.78 is 40.1. The predicted molar refractivity (Wildman–Crippen MR) is 116 cm³/mol. The van der Waals surface area contributed by atoms with Crippen molar-refractivity contribution in [1.29, 1.82) is 5.26 Å². The summed E-state index contributed by atoms with van der Waals surface area (Å²) in [5.74, 6) is -3.18. The second-order valence-electron chi connectivity index (χ2n) is 7.77. The van der Waals surface area contributed by atoms with E-state index in [1.165, 1.54) is 47.3 Å². The Morgan fingerprint density at radius 3 is 2.35 bits per heavy atom. The lowest BCUT2D eigenvalue weighted by Gasteiger charge is -2.23. The molecule has 2 atom stereocenters. The molecule has 1 aliphatic rings. The van der Waals surface area contributed by atoms with Gasteiger partial charge >= 0.3 is 12.1 Å². The van der Waals surface area contributed by atoms with E-state index in [4.69, 9.17) is 5.26 Å². The van der Waals surface area contributed by atoms with Gasteiger partial charge in [0, 0.05) is 18.2 Å². The van der Waals surface area contributed by atoms with Crippen LogP contribution in [0.5, 0.6) is 0 Å². The zero-order valence-corrected chi connectivity index (χ0v) is 17.7. The maximum Gasteiger partial charge on any atom is 0.416 e. The highest BCUT2D eigenvalue weighted by Crippen LogP contribution is 2.40. The number of aliphatic carboxylic acids is 1. The molecule has 3 aromatic rings. The zero-order valence-electron chi connectivity index (χ0n) is 17.7. The quantitative estimate of drug-likeness (QED) is 0.542. The Morgan fingerprint density at radius 1 is 1.15 bits per heavy atom. The van der Waals surface area contributed by atoms with Crippen molar-refractivity contribution >= 4 is 23.8 Å². The van der Waals surface area contributed by atoms with Crippen LogP contribution in [0.3, 0.4) is 0 Å². The molecule has 0 radical (unpaired) electrons. The Hall–Kier alpha value is -4.26. The van der Waals surface area contributed by atoms with E-state index in [9.17, 15) is 27.9 Å². The number of hydrogen-bond donors (Lipinski definition) is 1. The van der Waals surface area contributed by atoms with Crippen LogP contribution in [0.4, 0.5) is 19.0 Å². The van der Waals surface area contributed by atoms with Crippen molar-refractivity contribution in [3.63, 3.8) is 0 Å². The summed E-state index contributed by atoms with van der Waals surface area (Å²) in [6.45, 7) is 1.64. The number of Topliss-reactive ketones (excluding diaryl/α,β-unsaturated/α-hetero) is 1. The van der Waals surface area contributed by atoms with Crippen molar-refractivity contribution in [2.75, 3.05) is 0 Å². The fourth-order valence-electron chi connectivity index (χ4n) is 3.99. The summed E-state index contributed by atoms with van der Waals surface area (Å²) in [5.41, 5.74) is 1.12. The van der Waals surface area contributed by atoms with E-state index in [-0.39, 0.29) is 17.8 Å². The van der Waals surface area contributed by atoms with Crippen LogP contribution in [0.2, 0.25) is 0 Å². The monoisotopic (exact) mass is 466 g/mol. The molecule has 34 heavy (non-hydrogen) atoms. The first kappa shape index (κ1) is 22.9. The van der Waals surface area contributed by atoms with Crippen LogP contribution in [0, 0.1) is 18.3 Å². The third kappa shape index (κ3) is 4.08. The molecule has 1 aliphatic heterocycles. The number of halogens is 3. The van der Waals surface area contributed by atoms with Gasteiger partial charge in [0.1, 0.15) is 12.0 Å². The molecule has 0 bridgehead atoms. The van der Waals surface area contributed by atoms with Crippen molar-refractivity contribution in [3.05, 3.63) is 70.9 Å². The molecular weight excluding hydrogens is 449 g/mol. The average molecular weight is 466 g/mol. The standard InChI is InChI=1S/C24H17F3N4O3/c1-13-19(15-6-8-17(9-7-15)24(25,26)27)22-29-11-10-18(31(22)30-13)21(32)20(23(33)34)16-4-2-14(12-28)3-5-16/h2-9,11,18,20H,10H2,1H3,(H,33,34). The number of hydrogen-bond acceptors (Lipinski definition) is 5. The SMILES string of the molecule is Cc1nn2c(c1-c1ccc(C(F)(F)F)cc1)N=CCC2C(=O)C(C(=O)O)c1ccc(C#N)cc1. The van der Waals surface area contributed by atoms with E-state index >= 15 is 0 Å². The molecule has 0 spiro atoms. The van der Waals surface area contributed by atoms with Crippen LogP contribution in [-0.4, -0.2) is 32.9 Å². The van der Waals surface area contributed by atoms with Gasteiger partial charge in [-0.3, -0.25) is 9.59 Å². The first-order chi connectivity index (χ1) is 16.1. The number of nitriles is 1. The highest BCUT2D eigenvalue weighted by atomic mass is 19.4. The normalized spacial score (nSPS) is 15.9. The molecule has 0 fully saturated rings. The number of benzene rings is 2. The zero-order chi connectivity index (χ0) is 24.6. The molecule has 1 aromatic heterocycles. The smallest absolute Gasteiger partial charge is 0.416 e. The molecule has 10 heteroatoms. The van der Waals surface area contributed by atoms with Gasteiger partial charge < -0.3 is 5.11 Å². The number of carboxylic acids is 1. The second kappa shape index (κ2) is 8.59. The summed E-state index contributed by atoms with van der Waals surface area (Å²) in [5, 5.41) is 23.1. The Kier molecular flexibility index (Phi) is 5.79. The van der Waals surface area contributed by atoms with E-state index < -0.39 is 35.5 Å². The van der Waals surface area contributed by atoms with E-state index in [2.05, 4.69) is 10.1 Å². The van der Waals surface area contributed by atoms with Gasteiger partial charge in [0.25, 0.3) is 0 Å². The average Bonchev–Trinajstić information content (AvgIpc) is 3.14. The number of ketones is 1. The number of fused-ring (bicyclic) bond motifs is 1. The maximum absolute atomic E-state index is 13.4.